The van der Waals surface area contributed by atoms with E-state index in [2.05, 4.69) is 15.4 Å². The van der Waals surface area contributed by atoms with Gasteiger partial charge in [-0.2, -0.15) is 5.10 Å². The minimum atomic E-state index is -0.470. The first-order chi connectivity index (χ1) is 14.0. The van der Waals surface area contributed by atoms with E-state index in [0.29, 0.717) is 42.3 Å². The van der Waals surface area contributed by atoms with Crippen LogP contribution < -0.4 is 15.8 Å². The molecule has 0 radical (unpaired) electrons. The highest BCUT2D eigenvalue weighted by atomic mass is 19.1. The van der Waals surface area contributed by atoms with Gasteiger partial charge in [0.25, 0.3) is 0 Å². The Kier molecular flexibility index (Phi) is 6.61. The minimum absolute atomic E-state index is 0.167. The van der Waals surface area contributed by atoms with Crippen LogP contribution in [0.1, 0.15) is 29.8 Å². The predicted octanol–water partition coefficient (Wildman–Crippen LogP) is 2.43. The predicted molar refractivity (Wildman–Crippen MR) is 107 cm³/mol. The summed E-state index contributed by atoms with van der Waals surface area (Å²) < 4.78 is 26.0. The summed E-state index contributed by atoms with van der Waals surface area (Å²) in [4.78, 5) is 16.5. The molecule has 0 spiro atoms. The van der Waals surface area contributed by atoms with Crippen LogP contribution in [0, 0.1) is 5.82 Å². The van der Waals surface area contributed by atoms with E-state index >= 15 is 0 Å². The molecule has 0 aliphatic heterocycles. The van der Waals surface area contributed by atoms with Crippen LogP contribution in [0.25, 0.3) is 5.65 Å². The van der Waals surface area contributed by atoms with Crippen LogP contribution in [-0.4, -0.2) is 46.4 Å². The summed E-state index contributed by atoms with van der Waals surface area (Å²) >= 11 is 0. The van der Waals surface area contributed by atoms with Crippen molar-refractivity contribution in [1.29, 1.82) is 0 Å². The number of halogens is 1. The Morgan fingerprint density at radius 3 is 2.97 bits per heavy atom. The molecule has 29 heavy (non-hydrogen) atoms. The fraction of sp³-hybridized carbons (Fsp3) is 0.350. The van der Waals surface area contributed by atoms with Gasteiger partial charge in [-0.15, -0.1) is 0 Å². The highest BCUT2D eigenvalue weighted by Gasteiger charge is 2.15. The first kappa shape index (κ1) is 20.5. The Morgan fingerprint density at radius 1 is 1.38 bits per heavy atom. The summed E-state index contributed by atoms with van der Waals surface area (Å²) in [7, 11) is 0. The lowest BCUT2D eigenvalue weighted by molar-refractivity contribution is 0.0528. The van der Waals surface area contributed by atoms with Gasteiger partial charge in [-0.3, -0.25) is 0 Å². The van der Waals surface area contributed by atoms with Gasteiger partial charge >= 0.3 is 5.97 Å². The van der Waals surface area contributed by atoms with Crippen molar-refractivity contribution in [3.05, 3.63) is 53.6 Å². The average molecular weight is 401 g/mol. The third-order valence-electron chi connectivity index (χ3n) is 4.25. The Labute approximate surface area is 167 Å². The van der Waals surface area contributed by atoms with Gasteiger partial charge in [0.1, 0.15) is 29.1 Å². The SMILES string of the molecule is CCOC(=O)c1cnn2ccc(NCCc3cc(F)ccc3O[C@H](C)CN)nc12. The Balaban J connectivity index is 1.71. The molecule has 2 heterocycles. The molecule has 8 nitrogen and oxygen atoms in total. The molecule has 0 saturated heterocycles. The molecule has 0 saturated carbocycles. The van der Waals surface area contributed by atoms with Crippen LogP contribution in [0.2, 0.25) is 0 Å². The Hall–Kier alpha value is -3.20. The maximum atomic E-state index is 13.7. The highest BCUT2D eigenvalue weighted by Crippen LogP contribution is 2.22. The number of carbonyl (C=O) groups excluding carboxylic acids is 1. The van der Waals surface area contributed by atoms with Crippen molar-refractivity contribution in [2.75, 3.05) is 25.0 Å². The van der Waals surface area contributed by atoms with Gasteiger partial charge in [-0.25, -0.2) is 18.7 Å². The van der Waals surface area contributed by atoms with Crippen LogP contribution >= 0.6 is 0 Å². The lowest BCUT2D eigenvalue weighted by atomic mass is 10.1. The number of hydrogen-bond acceptors (Lipinski definition) is 7. The van der Waals surface area contributed by atoms with E-state index < -0.39 is 5.97 Å². The molecular formula is C20H24FN5O3. The first-order valence-electron chi connectivity index (χ1n) is 9.42. The van der Waals surface area contributed by atoms with Crippen molar-refractivity contribution in [2.45, 2.75) is 26.4 Å². The van der Waals surface area contributed by atoms with Crippen molar-refractivity contribution in [3.63, 3.8) is 0 Å². The zero-order chi connectivity index (χ0) is 20.8. The van der Waals surface area contributed by atoms with Crippen molar-refractivity contribution in [2.24, 2.45) is 5.73 Å². The summed E-state index contributed by atoms with van der Waals surface area (Å²) in [6, 6.07) is 6.17. The molecule has 1 atom stereocenters. The number of aromatic nitrogens is 3. The molecule has 3 N–H and O–H groups in total. The third kappa shape index (κ3) is 5.00. The number of ether oxygens (including phenoxy) is 2. The van der Waals surface area contributed by atoms with Gasteiger partial charge in [-0.1, -0.05) is 0 Å². The summed E-state index contributed by atoms with van der Waals surface area (Å²) in [5.41, 5.74) is 7.04. The molecule has 0 unspecified atom stereocenters. The topological polar surface area (TPSA) is 104 Å². The first-order valence-corrected chi connectivity index (χ1v) is 9.42. The van der Waals surface area contributed by atoms with E-state index in [1.165, 1.54) is 22.8 Å². The number of nitrogens with two attached hydrogens (primary N) is 1. The number of nitrogens with zero attached hydrogens (tertiary/aromatic N) is 3. The van der Waals surface area contributed by atoms with Gasteiger partial charge in [0.2, 0.25) is 0 Å². The van der Waals surface area contributed by atoms with Crippen LogP contribution in [0.3, 0.4) is 0 Å². The summed E-state index contributed by atoms with van der Waals surface area (Å²) in [6.45, 7) is 4.73. The van der Waals surface area contributed by atoms with E-state index in [1.54, 1.807) is 25.3 Å². The number of carbonyl (C=O) groups is 1. The van der Waals surface area contributed by atoms with Gasteiger partial charge in [0.05, 0.1) is 12.8 Å². The lowest BCUT2D eigenvalue weighted by Crippen LogP contribution is -2.23. The minimum Gasteiger partial charge on any atom is -0.489 e. The second-order valence-electron chi connectivity index (χ2n) is 6.45. The molecule has 0 aliphatic carbocycles. The summed E-state index contributed by atoms with van der Waals surface area (Å²) in [5.74, 6) is 0.376. The largest absolute Gasteiger partial charge is 0.489 e. The number of rotatable bonds is 9. The number of hydrogen-bond donors (Lipinski definition) is 2. The number of nitrogens with one attached hydrogen (secondary N) is 1. The van der Waals surface area contributed by atoms with Gasteiger partial charge in [-0.05, 0) is 50.1 Å². The molecule has 0 amide bonds. The molecule has 9 heteroatoms. The molecule has 154 valence electrons. The molecule has 0 fully saturated rings. The monoisotopic (exact) mass is 401 g/mol. The van der Waals surface area contributed by atoms with E-state index in [0.717, 1.165) is 5.56 Å². The van der Waals surface area contributed by atoms with Crippen LogP contribution in [0.5, 0.6) is 5.75 Å². The number of esters is 1. The van der Waals surface area contributed by atoms with Crippen LogP contribution in [0.4, 0.5) is 10.2 Å². The van der Waals surface area contributed by atoms with E-state index in [4.69, 9.17) is 15.2 Å². The maximum Gasteiger partial charge on any atom is 0.343 e. The van der Waals surface area contributed by atoms with Gasteiger partial charge in [0, 0.05) is 19.3 Å². The quantitative estimate of drug-likeness (QED) is 0.531. The average Bonchev–Trinajstić information content (AvgIpc) is 3.13. The van der Waals surface area contributed by atoms with E-state index in [-0.39, 0.29) is 18.5 Å². The fourth-order valence-corrected chi connectivity index (χ4v) is 2.77. The molecular weight excluding hydrogens is 377 g/mol. The fourth-order valence-electron chi connectivity index (χ4n) is 2.77. The molecule has 3 aromatic rings. The third-order valence-corrected chi connectivity index (χ3v) is 4.25. The number of benzene rings is 1. The Morgan fingerprint density at radius 2 is 2.21 bits per heavy atom. The Bertz CT molecular complexity index is 991. The summed E-state index contributed by atoms with van der Waals surface area (Å²) in [6.07, 6.45) is 3.48. The molecule has 0 aliphatic rings. The van der Waals surface area contributed by atoms with E-state index in [1.807, 2.05) is 6.92 Å². The van der Waals surface area contributed by atoms with Gasteiger partial charge < -0.3 is 20.5 Å². The normalized spacial score (nSPS) is 12.0. The molecule has 1 aromatic carbocycles. The summed E-state index contributed by atoms with van der Waals surface area (Å²) in [5, 5.41) is 7.29. The highest BCUT2D eigenvalue weighted by molar-refractivity contribution is 5.95. The second-order valence-corrected chi connectivity index (χ2v) is 6.45. The second kappa shape index (κ2) is 9.33. The molecule has 0 bridgehead atoms. The van der Waals surface area contributed by atoms with Crippen molar-refractivity contribution < 1.29 is 18.7 Å². The zero-order valence-electron chi connectivity index (χ0n) is 16.4. The maximum absolute atomic E-state index is 13.7. The van der Waals surface area contributed by atoms with Crippen LogP contribution in [-0.2, 0) is 11.2 Å². The van der Waals surface area contributed by atoms with Crippen molar-refractivity contribution in [3.8, 4) is 5.75 Å². The van der Waals surface area contributed by atoms with E-state index in [9.17, 15) is 9.18 Å². The molecule has 2 aromatic heterocycles. The smallest absolute Gasteiger partial charge is 0.343 e. The number of fused-ring (bicyclic) bond motifs is 1. The van der Waals surface area contributed by atoms with Crippen molar-refractivity contribution >= 4 is 17.4 Å². The molecule has 3 rings (SSSR count). The standard InChI is InChI=1S/C20H24FN5O3/c1-3-28-20(27)16-12-24-26-9-7-18(25-19(16)26)23-8-6-14-10-15(21)4-5-17(14)29-13(2)11-22/h4-5,7,9-10,12-13H,3,6,8,11,22H2,1-2H3,(H,23,25)/t13-/m1/s1. The van der Waals surface area contributed by atoms with Crippen molar-refractivity contribution in [1.82, 2.24) is 14.6 Å². The van der Waals surface area contributed by atoms with Gasteiger partial charge in [0.15, 0.2) is 5.65 Å². The number of anilines is 1. The lowest BCUT2D eigenvalue weighted by Gasteiger charge is -2.16. The van der Waals surface area contributed by atoms with Crippen LogP contribution in [0.15, 0.2) is 36.7 Å². The zero-order valence-corrected chi connectivity index (χ0v) is 16.4.